The van der Waals surface area contributed by atoms with Gasteiger partial charge < -0.3 is 4.74 Å². The summed E-state index contributed by atoms with van der Waals surface area (Å²) in [6, 6.07) is 0. The van der Waals surface area contributed by atoms with Crippen LogP contribution in [-0.4, -0.2) is 13.7 Å². The normalized spacial score (nSPS) is 13.2. The Labute approximate surface area is 61.9 Å². The van der Waals surface area contributed by atoms with Gasteiger partial charge >= 0.3 is 0 Å². The minimum atomic E-state index is -0.00273. The molecular formula is C8H15FO. The van der Waals surface area contributed by atoms with Crippen molar-refractivity contribution in [3.05, 3.63) is 11.4 Å². The lowest BCUT2D eigenvalue weighted by Crippen LogP contribution is -1.90. The Balaban J connectivity index is 3.68. The third-order valence-corrected chi connectivity index (χ3v) is 1.45. The van der Waals surface area contributed by atoms with Crippen LogP contribution in [-0.2, 0) is 4.74 Å². The smallest absolute Gasteiger partial charge is 0.0986 e. The summed E-state index contributed by atoms with van der Waals surface area (Å²) in [4.78, 5) is 0. The monoisotopic (exact) mass is 146 g/mol. The second kappa shape index (κ2) is 5.42. The lowest BCUT2D eigenvalue weighted by atomic mass is 10.2. The lowest BCUT2D eigenvalue weighted by molar-refractivity contribution is 0.201. The maximum atomic E-state index is 12.7. The van der Waals surface area contributed by atoms with Crippen LogP contribution in [0.25, 0.3) is 0 Å². The van der Waals surface area contributed by atoms with Gasteiger partial charge in [0.15, 0.2) is 0 Å². The number of hydrogen-bond acceptors (Lipinski definition) is 1. The molecule has 0 bridgehead atoms. The maximum Gasteiger partial charge on any atom is 0.0986 e. The van der Waals surface area contributed by atoms with E-state index in [4.69, 9.17) is 4.74 Å². The highest BCUT2D eigenvalue weighted by Gasteiger charge is 1.97. The Bertz CT molecular complexity index is 118. The minimum absolute atomic E-state index is 0.00273. The summed E-state index contributed by atoms with van der Waals surface area (Å²) in [6.45, 7) is 4.22. The van der Waals surface area contributed by atoms with E-state index in [-0.39, 0.29) is 5.83 Å². The molecule has 0 aliphatic heterocycles. The first-order chi connectivity index (χ1) is 4.72. The summed E-state index contributed by atoms with van der Waals surface area (Å²) in [6.07, 6.45) is 1.20. The van der Waals surface area contributed by atoms with Crippen LogP contribution in [0.2, 0.25) is 0 Å². The zero-order valence-electron chi connectivity index (χ0n) is 6.91. The molecule has 2 heteroatoms. The van der Waals surface area contributed by atoms with Crippen molar-refractivity contribution in [3.8, 4) is 0 Å². The van der Waals surface area contributed by atoms with Crippen LogP contribution in [0.1, 0.15) is 26.7 Å². The molecule has 0 saturated carbocycles. The van der Waals surface area contributed by atoms with Gasteiger partial charge in [-0.15, -0.1) is 0 Å². The number of ether oxygens (including phenoxy) is 1. The molecule has 0 unspecified atom stereocenters. The van der Waals surface area contributed by atoms with Gasteiger partial charge in [0.2, 0.25) is 0 Å². The van der Waals surface area contributed by atoms with E-state index in [1.165, 1.54) is 0 Å². The van der Waals surface area contributed by atoms with E-state index >= 15 is 0 Å². The van der Waals surface area contributed by atoms with Crippen LogP contribution < -0.4 is 0 Å². The van der Waals surface area contributed by atoms with Gasteiger partial charge in [-0.2, -0.15) is 0 Å². The molecule has 0 aliphatic rings. The first kappa shape index (κ1) is 9.63. The fourth-order valence-electron chi connectivity index (χ4n) is 0.693. The van der Waals surface area contributed by atoms with Crippen molar-refractivity contribution in [2.75, 3.05) is 13.7 Å². The molecule has 1 nitrogen and oxygen atoms in total. The Morgan fingerprint density at radius 3 is 2.50 bits per heavy atom. The van der Waals surface area contributed by atoms with Gasteiger partial charge in [-0.05, 0) is 25.3 Å². The van der Waals surface area contributed by atoms with Crippen molar-refractivity contribution < 1.29 is 9.13 Å². The number of halogens is 1. The predicted octanol–water partition coefficient (Wildman–Crippen LogP) is 2.68. The van der Waals surface area contributed by atoms with Crippen molar-refractivity contribution in [2.24, 2.45) is 0 Å². The van der Waals surface area contributed by atoms with E-state index < -0.39 is 0 Å². The minimum Gasteiger partial charge on any atom is -0.384 e. The van der Waals surface area contributed by atoms with Crippen LogP contribution >= 0.6 is 0 Å². The van der Waals surface area contributed by atoms with Crippen LogP contribution in [0.4, 0.5) is 4.39 Å². The topological polar surface area (TPSA) is 9.23 Å². The van der Waals surface area contributed by atoms with Crippen LogP contribution in [0.15, 0.2) is 11.4 Å². The Kier molecular flexibility index (Phi) is 5.22. The third-order valence-electron chi connectivity index (χ3n) is 1.45. The summed E-state index contributed by atoms with van der Waals surface area (Å²) in [5.74, 6) is -0.00273. The number of rotatable bonds is 4. The molecule has 60 valence electrons. The highest BCUT2D eigenvalue weighted by atomic mass is 19.1. The average Bonchev–Trinajstić information content (AvgIpc) is 1.98. The van der Waals surface area contributed by atoms with E-state index in [1.807, 2.05) is 6.92 Å². The molecule has 0 radical (unpaired) electrons. The first-order valence-electron chi connectivity index (χ1n) is 3.55. The molecule has 0 fully saturated rings. The molecule has 0 aromatic carbocycles. The molecule has 10 heavy (non-hydrogen) atoms. The van der Waals surface area contributed by atoms with Gasteiger partial charge in [0.1, 0.15) is 0 Å². The molecule has 0 spiro atoms. The maximum absolute atomic E-state index is 12.7. The fraction of sp³-hybridized carbons (Fsp3) is 0.750. The van der Waals surface area contributed by atoms with Gasteiger partial charge in [0, 0.05) is 13.7 Å². The van der Waals surface area contributed by atoms with E-state index in [9.17, 15) is 4.39 Å². The Hall–Kier alpha value is -0.370. The van der Waals surface area contributed by atoms with Crippen molar-refractivity contribution in [1.29, 1.82) is 0 Å². The third kappa shape index (κ3) is 3.62. The molecule has 0 N–H and O–H groups in total. The van der Waals surface area contributed by atoms with E-state index in [0.717, 1.165) is 5.57 Å². The Morgan fingerprint density at radius 2 is 2.10 bits per heavy atom. The van der Waals surface area contributed by atoms with Gasteiger partial charge in [-0.1, -0.05) is 6.92 Å². The molecule has 0 atom stereocenters. The van der Waals surface area contributed by atoms with E-state index in [0.29, 0.717) is 19.4 Å². The second-order valence-electron chi connectivity index (χ2n) is 2.28. The Morgan fingerprint density at radius 1 is 1.50 bits per heavy atom. The SMILES string of the molecule is CCC(F)=C(C)CCOC. The highest BCUT2D eigenvalue weighted by Crippen LogP contribution is 2.12. The number of allylic oxidation sites excluding steroid dienone is 1. The average molecular weight is 146 g/mol. The molecular weight excluding hydrogens is 131 g/mol. The molecule has 0 amide bonds. The van der Waals surface area contributed by atoms with Gasteiger partial charge in [-0.3, -0.25) is 0 Å². The largest absolute Gasteiger partial charge is 0.384 e. The molecule has 0 aromatic heterocycles. The number of methoxy groups -OCH3 is 1. The van der Waals surface area contributed by atoms with Crippen molar-refractivity contribution in [1.82, 2.24) is 0 Å². The summed E-state index contributed by atoms with van der Waals surface area (Å²) >= 11 is 0. The van der Waals surface area contributed by atoms with Crippen LogP contribution in [0, 0.1) is 0 Å². The molecule has 0 saturated heterocycles. The summed E-state index contributed by atoms with van der Waals surface area (Å²) in [5, 5.41) is 0. The summed E-state index contributed by atoms with van der Waals surface area (Å²) in [7, 11) is 1.62. The van der Waals surface area contributed by atoms with Crippen molar-refractivity contribution in [2.45, 2.75) is 26.7 Å². The predicted molar refractivity (Wildman–Crippen MR) is 40.6 cm³/mol. The van der Waals surface area contributed by atoms with Crippen LogP contribution in [0.5, 0.6) is 0 Å². The second-order valence-corrected chi connectivity index (χ2v) is 2.28. The van der Waals surface area contributed by atoms with Crippen LogP contribution in [0.3, 0.4) is 0 Å². The van der Waals surface area contributed by atoms with Gasteiger partial charge in [0.05, 0.1) is 5.83 Å². The van der Waals surface area contributed by atoms with Gasteiger partial charge in [0.25, 0.3) is 0 Å². The first-order valence-corrected chi connectivity index (χ1v) is 3.55. The fourth-order valence-corrected chi connectivity index (χ4v) is 0.693. The summed E-state index contributed by atoms with van der Waals surface area (Å²) < 4.78 is 17.5. The molecule has 0 aromatic rings. The van der Waals surface area contributed by atoms with E-state index in [1.54, 1.807) is 14.0 Å². The number of hydrogen-bond donors (Lipinski definition) is 0. The lowest BCUT2D eigenvalue weighted by Gasteiger charge is -2.00. The van der Waals surface area contributed by atoms with Crippen molar-refractivity contribution >= 4 is 0 Å². The highest BCUT2D eigenvalue weighted by molar-refractivity contribution is 5.03. The van der Waals surface area contributed by atoms with E-state index in [2.05, 4.69) is 0 Å². The summed E-state index contributed by atoms with van der Waals surface area (Å²) in [5.41, 5.74) is 0.810. The quantitative estimate of drug-likeness (QED) is 0.592. The standard InChI is InChI=1S/C8H15FO/c1-4-8(9)7(2)5-6-10-3/h4-6H2,1-3H3. The zero-order chi connectivity index (χ0) is 7.98. The molecule has 0 rings (SSSR count). The molecule has 0 aliphatic carbocycles. The van der Waals surface area contributed by atoms with Crippen molar-refractivity contribution in [3.63, 3.8) is 0 Å². The zero-order valence-corrected chi connectivity index (χ0v) is 6.91. The van der Waals surface area contributed by atoms with Gasteiger partial charge in [-0.25, -0.2) is 4.39 Å². The molecule has 0 heterocycles.